The Morgan fingerprint density at radius 1 is 1.24 bits per heavy atom. The van der Waals surface area contributed by atoms with Gasteiger partial charge in [0.25, 0.3) is 0 Å². The maximum absolute atomic E-state index is 13.4. The van der Waals surface area contributed by atoms with Gasteiger partial charge in [0.15, 0.2) is 5.78 Å². The summed E-state index contributed by atoms with van der Waals surface area (Å²) in [6, 6.07) is 8.84. The Morgan fingerprint density at radius 2 is 1.97 bits per heavy atom. The van der Waals surface area contributed by atoms with Crippen LogP contribution in [0.25, 0.3) is 0 Å². The van der Waals surface area contributed by atoms with Crippen LogP contribution in [-0.2, 0) is 4.74 Å². The summed E-state index contributed by atoms with van der Waals surface area (Å²) >= 11 is 0. The van der Waals surface area contributed by atoms with E-state index in [2.05, 4.69) is 15.3 Å². The van der Waals surface area contributed by atoms with Crippen molar-refractivity contribution < 1.29 is 14.3 Å². The molecule has 1 aliphatic heterocycles. The topological polar surface area (TPSA) is 111 Å². The second-order valence-electron chi connectivity index (χ2n) is 9.99. The number of anilines is 2. The third-order valence-corrected chi connectivity index (χ3v) is 5.87. The number of ether oxygens (including phenoxy) is 1. The summed E-state index contributed by atoms with van der Waals surface area (Å²) in [5.74, 6) is 0.374. The van der Waals surface area contributed by atoms with Crippen LogP contribution in [0.4, 0.5) is 16.2 Å². The number of hydrogen-bond acceptors (Lipinski definition) is 6. The monoisotopic (exact) mass is 504 g/mol. The minimum Gasteiger partial charge on any atom is -0.377 e. The number of nitrogens with one attached hydrogen (secondary N) is 2. The van der Waals surface area contributed by atoms with Gasteiger partial charge < -0.3 is 10.1 Å². The van der Waals surface area contributed by atoms with E-state index in [9.17, 15) is 9.59 Å². The summed E-state index contributed by atoms with van der Waals surface area (Å²) < 4.78 is 5.65. The molecule has 3 rings (SSSR count). The van der Waals surface area contributed by atoms with Crippen LogP contribution in [0.2, 0.25) is 0 Å². The molecule has 1 aromatic heterocycles. The number of aliphatic imine (C=N–C) groups is 1. The molecule has 0 saturated carbocycles. The molecule has 1 aliphatic rings. The fraction of sp³-hybridized carbons (Fsp3) is 0.393. The molecule has 0 bridgehead atoms. The van der Waals surface area contributed by atoms with Gasteiger partial charge >= 0.3 is 6.03 Å². The number of rotatable bonds is 7. The first-order valence-electron chi connectivity index (χ1n) is 12.2. The van der Waals surface area contributed by atoms with Gasteiger partial charge in [0, 0.05) is 29.6 Å². The molecule has 9 nitrogen and oxygen atoms in total. The lowest BCUT2D eigenvalue weighted by molar-refractivity contribution is 0.00307. The fourth-order valence-corrected chi connectivity index (χ4v) is 3.72. The van der Waals surface area contributed by atoms with Crippen molar-refractivity contribution in [1.82, 2.24) is 9.88 Å². The van der Waals surface area contributed by atoms with Crippen LogP contribution in [0.3, 0.4) is 0 Å². The highest BCUT2D eigenvalue weighted by molar-refractivity contribution is 6.18. The van der Waals surface area contributed by atoms with Gasteiger partial charge in [-0.25, -0.2) is 9.79 Å². The average Bonchev–Trinajstić information content (AvgIpc) is 2.85. The van der Waals surface area contributed by atoms with Crippen LogP contribution in [-0.4, -0.2) is 65.7 Å². The Labute approximate surface area is 218 Å². The third-order valence-electron chi connectivity index (χ3n) is 5.87. The van der Waals surface area contributed by atoms with Crippen molar-refractivity contribution in [1.29, 1.82) is 5.41 Å². The number of aryl methyl sites for hydroxylation is 2. The zero-order valence-corrected chi connectivity index (χ0v) is 22.7. The number of aromatic nitrogens is 1. The molecule has 1 fully saturated rings. The number of nitrogens with zero attached hydrogens (tertiary/aromatic N) is 4. The van der Waals surface area contributed by atoms with Gasteiger partial charge in [0.1, 0.15) is 18.3 Å². The lowest BCUT2D eigenvalue weighted by Gasteiger charge is -2.36. The Kier molecular flexibility index (Phi) is 8.60. The molecule has 0 atom stereocenters. The predicted octanol–water partition coefficient (Wildman–Crippen LogP) is 5.00. The quantitative estimate of drug-likeness (QED) is 0.313. The summed E-state index contributed by atoms with van der Waals surface area (Å²) in [6.07, 6.45) is 3.60. The highest BCUT2D eigenvalue weighted by Gasteiger charge is 2.33. The van der Waals surface area contributed by atoms with Crippen LogP contribution < -0.4 is 10.2 Å². The molecule has 9 heteroatoms. The fourth-order valence-electron chi connectivity index (χ4n) is 3.72. The van der Waals surface area contributed by atoms with Gasteiger partial charge in [-0.15, -0.1) is 0 Å². The second kappa shape index (κ2) is 11.5. The number of hydrogen-bond donors (Lipinski definition) is 2. The van der Waals surface area contributed by atoms with Crippen molar-refractivity contribution in [2.24, 2.45) is 4.99 Å². The number of pyridine rings is 1. The van der Waals surface area contributed by atoms with Gasteiger partial charge in [-0.3, -0.25) is 25.0 Å². The molecule has 0 unspecified atom stereocenters. The standard InChI is InChI=1S/C28H36N6O3/c1-8-20-16-34(23-13-21(11-9-18(23)2)24(35)17-37-28(4,5)6)27(36)33(7)26(20)32-25(29)15-31-22-12-10-19(3)30-14-22/h8-14,29,31H,15-17H2,1-7H3/b20-8-,29-25?,32-26+. The van der Waals surface area contributed by atoms with Crippen LogP contribution in [0.15, 0.2) is 53.2 Å². The molecule has 2 amide bonds. The van der Waals surface area contributed by atoms with Crippen molar-refractivity contribution in [3.05, 3.63) is 65.0 Å². The Balaban J connectivity index is 1.79. The maximum Gasteiger partial charge on any atom is 0.330 e. The number of carbonyl (C=O) groups is 2. The Hall–Kier alpha value is -3.85. The second-order valence-corrected chi connectivity index (χ2v) is 9.99. The van der Waals surface area contributed by atoms with Gasteiger partial charge in [-0.2, -0.15) is 0 Å². The average molecular weight is 505 g/mol. The highest BCUT2D eigenvalue weighted by Crippen LogP contribution is 2.28. The molecule has 37 heavy (non-hydrogen) atoms. The molecule has 1 saturated heterocycles. The van der Waals surface area contributed by atoms with E-state index >= 15 is 0 Å². The number of urea groups is 1. The molecule has 2 aromatic rings. The molecule has 0 spiro atoms. The zero-order chi connectivity index (χ0) is 27.3. The first kappa shape index (κ1) is 27.7. The van der Waals surface area contributed by atoms with Crippen LogP contribution in [0.1, 0.15) is 49.3 Å². The van der Waals surface area contributed by atoms with E-state index in [1.165, 1.54) is 4.90 Å². The van der Waals surface area contributed by atoms with E-state index < -0.39 is 5.60 Å². The van der Waals surface area contributed by atoms with Crippen molar-refractivity contribution in [2.45, 2.75) is 47.1 Å². The minimum absolute atomic E-state index is 0.0361. The van der Waals surface area contributed by atoms with E-state index in [0.29, 0.717) is 17.1 Å². The third kappa shape index (κ3) is 7.10. The van der Waals surface area contributed by atoms with E-state index in [4.69, 9.17) is 10.1 Å². The molecule has 2 N–H and O–H groups in total. The molecule has 2 heterocycles. The Bertz CT molecular complexity index is 1240. The number of amidine groups is 2. The number of benzene rings is 1. The maximum atomic E-state index is 13.4. The van der Waals surface area contributed by atoms with Gasteiger partial charge in [-0.1, -0.05) is 18.2 Å². The van der Waals surface area contributed by atoms with Crippen molar-refractivity contribution in [3.8, 4) is 0 Å². The summed E-state index contributed by atoms with van der Waals surface area (Å²) in [4.78, 5) is 37.9. The first-order chi connectivity index (χ1) is 17.4. The smallest absolute Gasteiger partial charge is 0.330 e. The minimum atomic E-state index is -0.425. The Morgan fingerprint density at radius 3 is 2.59 bits per heavy atom. The van der Waals surface area contributed by atoms with Crippen molar-refractivity contribution >= 4 is 34.9 Å². The number of amides is 2. The summed E-state index contributed by atoms with van der Waals surface area (Å²) in [5.41, 5.74) is 4.09. The SMILES string of the molecule is C/C=C1/CN(c2cc(C(=O)COC(C)(C)C)ccc2C)C(=O)N(C)/C1=N/C(=N)CNc1ccc(C)nc1. The lowest BCUT2D eigenvalue weighted by Crippen LogP contribution is -2.52. The van der Waals surface area contributed by atoms with Crippen molar-refractivity contribution in [2.75, 3.05) is 37.0 Å². The molecule has 196 valence electrons. The molecular formula is C28H36N6O3. The largest absolute Gasteiger partial charge is 0.377 e. The molecule has 0 radical (unpaired) electrons. The van der Waals surface area contributed by atoms with E-state index in [1.807, 2.05) is 65.8 Å². The number of carbonyl (C=O) groups excluding carboxylic acids is 2. The van der Waals surface area contributed by atoms with Gasteiger partial charge in [0.2, 0.25) is 0 Å². The summed E-state index contributed by atoms with van der Waals surface area (Å²) in [7, 11) is 1.64. The number of allylic oxidation sites excluding steroid dienone is 1. The number of ketones is 1. The highest BCUT2D eigenvalue weighted by atomic mass is 16.5. The van der Waals surface area contributed by atoms with Crippen LogP contribution in [0.5, 0.6) is 0 Å². The molecular weight excluding hydrogens is 468 g/mol. The normalized spacial score (nSPS) is 16.5. The first-order valence-corrected chi connectivity index (χ1v) is 12.2. The summed E-state index contributed by atoms with van der Waals surface area (Å²) in [5, 5.41) is 11.5. The van der Waals surface area contributed by atoms with E-state index in [0.717, 1.165) is 22.5 Å². The van der Waals surface area contributed by atoms with Gasteiger partial charge in [-0.05, 0) is 65.3 Å². The van der Waals surface area contributed by atoms with E-state index in [-0.39, 0.29) is 37.3 Å². The zero-order valence-electron chi connectivity index (χ0n) is 22.7. The molecule has 1 aromatic carbocycles. The number of Topliss-reactive ketones (excluding diaryl/α,β-unsaturated/α-hetero) is 1. The van der Waals surface area contributed by atoms with Crippen LogP contribution >= 0.6 is 0 Å². The molecule has 0 aliphatic carbocycles. The number of likely N-dealkylation sites (N-methyl/N-ethyl adjacent to an activating group) is 1. The van der Waals surface area contributed by atoms with E-state index in [1.54, 1.807) is 30.3 Å². The van der Waals surface area contributed by atoms with Crippen LogP contribution in [0, 0.1) is 19.3 Å². The predicted molar refractivity (Wildman–Crippen MR) is 148 cm³/mol. The summed E-state index contributed by atoms with van der Waals surface area (Å²) in [6.45, 7) is 11.8. The lowest BCUT2D eigenvalue weighted by atomic mass is 10.0. The van der Waals surface area contributed by atoms with Crippen molar-refractivity contribution in [3.63, 3.8) is 0 Å². The van der Waals surface area contributed by atoms with Gasteiger partial charge in [0.05, 0.1) is 30.6 Å².